The van der Waals surface area contributed by atoms with Crippen LogP contribution in [-0.2, 0) is 9.47 Å². The Kier molecular flexibility index (Phi) is 7.42. The second kappa shape index (κ2) is 10.9. The van der Waals surface area contributed by atoms with Crippen LogP contribution in [0.4, 0.5) is 0 Å². The third-order valence-electron chi connectivity index (χ3n) is 6.82. The minimum absolute atomic E-state index is 0.275. The molecule has 4 aromatic rings. The second-order valence-corrected chi connectivity index (χ2v) is 9.83. The predicted octanol–water partition coefficient (Wildman–Crippen LogP) is 1.18. The number of phenols is 8. The number of ether oxygens (including phenoxy) is 3. The smallest absolute Gasteiger partial charge is 0.339 e. The molecule has 5 rings (SSSR count). The van der Waals surface area contributed by atoms with E-state index < -0.39 is 111 Å². The Balaban J connectivity index is 1.64. The van der Waals surface area contributed by atoms with E-state index in [1.807, 2.05) is 0 Å². The lowest BCUT2D eigenvalue weighted by atomic mass is 9.99. The molecule has 10 N–H and O–H groups in total. The number of fused-ring (bicyclic) bond motifs is 1. The highest BCUT2D eigenvalue weighted by atomic mass is 16.7. The van der Waals surface area contributed by atoms with E-state index >= 15 is 0 Å². The van der Waals surface area contributed by atoms with Crippen molar-refractivity contribution in [3.63, 3.8) is 0 Å². The summed E-state index contributed by atoms with van der Waals surface area (Å²) in [6, 6.07) is 5.02. The number of hydrogen-bond donors (Lipinski definition) is 10. The number of aliphatic hydroxyl groups excluding tert-OH is 2. The van der Waals surface area contributed by atoms with Gasteiger partial charge in [-0.15, -0.1) is 0 Å². The summed E-state index contributed by atoms with van der Waals surface area (Å²) < 4.78 is 22.3. The third-order valence-corrected chi connectivity index (χ3v) is 6.82. The molecule has 232 valence electrons. The van der Waals surface area contributed by atoms with Crippen LogP contribution in [0, 0.1) is 0 Å². The highest BCUT2D eigenvalue weighted by Gasteiger charge is 2.47. The number of esters is 1. The first-order valence-electron chi connectivity index (χ1n) is 12.6. The maximum atomic E-state index is 13.7. The number of hydrogen-bond acceptors (Lipinski definition) is 16. The van der Waals surface area contributed by atoms with Crippen LogP contribution < -0.4 is 10.2 Å². The lowest BCUT2D eigenvalue weighted by molar-refractivity contribution is -0.267. The van der Waals surface area contributed by atoms with Crippen molar-refractivity contribution in [1.82, 2.24) is 0 Å². The molecule has 1 aromatic heterocycles. The largest absolute Gasteiger partial charge is 0.508 e. The van der Waals surface area contributed by atoms with Gasteiger partial charge in [0.2, 0.25) is 17.5 Å². The molecule has 3 aromatic carbocycles. The molecule has 0 radical (unpaired) electrons. The molecular formula is C28H24O16. The van der Waals surface area contributed by atoms with Crippen molar-refractivity contribution in [3.8, 4) is 63.1 Å². The van der Waals surface area contributed by atoms with Crippen LogP contribution >= 0.6 is 0 Å². The Bertz CT molecular complexity index is 1800. The van der Waals surface area contributed by atoms with Crippen molar-refractivity contribution < 1.29 is 74.5 Å². The van der Waals surface area contributed by atoms with Crippen LogP contribution in [0.5, 0.6) is 51.7 Å². The minimum Gasteiger partial charge on any atom is -0.508 e. The Labute approximate surface area is 244 Å². The maximum Gasteiger partial charge on any atom is 0.339 e. The summed E-state index contributed by atoms with van der Waals surface area (Å²) in [5, 5.41) is 100. The summed E-state index contributed by atoms with van der Waals surface area (Å²) >= 11 is 0. The first-order valence-corrected chi connectivity index (χ1v) is 12.6. The summed E-state index contributed by atoms with van der Waals surface area (Å²) in [5.74, 6) is -9.22. The van der Waals surface area contributed by atoms with Crippen LogP contribution in [0.15, 0.2) is 45.6 Å². The zero-order valence-corrected chi connectivity index (χ0v) is 22.3. The second-order valence-electron chi connectivity index (χ2n) is 9.83. The first-order chi connectivity index (χ1) is 20.7. The number of phenolic OH excluding ortho intramolecular Hbond substituents is 8. The number of rotatable bonds is 5. The number of benzene rings is 3. The van der Waals surface area contributed by atoms with Gasteiger partial charge < -0.3 is 69.7 Å². The Morgan fingerprint density at radius 2 is 1.34 bits per heavy atom. The van der Waals surface area contributed by atoms with Gasteiger partial charge in [0.15, 0.2) is 46.4 Å². The number of aromatic hydroxyl groups is 8. The molecule has 16 heteroatoms. The normalized spacial score (nSPS) is 21.7. The molecule has 2 heterocycles. The fourth-order valence-electron chi connectivity index (χ4n) is 4.55. The van der Waals surface area contributed by atoms with E-state index in [1.54, 1.807) is 0 Å². The van der Waals surface area contributed by atoms with Gasteiger partial charge in [0.05, 0.1) is 11.7 Å². The molecule has 1 saturated heterocycles. The zero-order chi connectivity index (χ0) is 32.2. The van der Waals surface area contributed by atoms with Gasteiger partial charge in [-0.05, 0) is 31.2 Å². The lowest BCUT2D eigenvalue weighted by Crippen LogP contribution is -2.60. The maximum absolute atomic E-state index is 13.7. The Hall–Kier alpha value is -5.58. The van der Waals surface area contributed by atoms with Gasteiger partial charge in [-0.1, -0.05) is 0 Å². The Morgan fingerprint density at radius 3 is 1.93 bits per heavy atom. The topological polar surface area (TPSA) is 277 Å². The molecule has 0 bridgehead atoms. The van der Waals surface area contributed by atoms with Crippen molar-refractivity contribution in [2.45, 2.75) is 37.6 Å². The van der Waals surface area contributed by atoms with E-state index in [0.717, 1.165) is 36.4 Å². The highest BCUT2D eigenvalue weighted by Crippen LogP contribution is 2.43. The molecule has 1 aliphatic rings. The van der Waals surface area contributed by atoms with E-state index in [9.17, 15) is 60.7 Å². The standard InChI is InChI=1S/C28H24O16/c1-8-19(35)23(39)26(43-27(40)10-4-15(33)21(37)16(34)5-10)28(41-8)44-25-22(38)18-12(30)6-11(29)7-17(18)42-24(25)9-2-13(31)20(36)14(32)3-9/h2-8,19,23,26,28-37,39H,1H3/t8-,19+,23-,26-,28+/m1/s1. The van der Waals surface area contributed by atoms with Crippen LogP contribution in [0.3, 0.4) is 0 Å². The van der Waals surface area contributed by atoms with Gasteiger partial charge in [-0.3, -0.25) is 4.79 Å². The van der Waals surface area contributed by atoms with Crippen molar-refractivity contribution in [2.24, 2.45) is 0 Å². The molecule has 0 saturated carbocycles. The SMILES string of the molecule is C[C@H]1O[C@@H](Oc2c(-c3cc(O)c(O)c(O)c3)oc3cc(O)cc(O)c3c2=O)[C@H](OC(=O)c2cc(O)c(O)c(O)c2)[C@H](O)[C@H]1O. The quantitative estimate of drug-likeness (QED) is 0.111. The fourth-order valence-corrected chi connectivity index (χ4v) is 4.55. The fraction of sp³-hybridized carbons (Fsp3) is 0.214. The minimum atomic E-state index is -1.93. The third kappa shape index (κ3) is 5.13. The molecule has 5 atom stereocenters. The van der Waals surface area contributed by atoms with Crippen LogP contribution in [-0.4, -0.2) is 87.7 Å². The average molecular weight is 616 g/mol. The van der Waals surface area contributed by atoms with E-state index in [-0.39, 0.29) is 11.1 Å². The van der Waals surface area contributed by atoms with Crippen molar-refractivity contribution in [1.29, 1.82) is 0 Å². The molecule has 1 fully saturated rings. The molecule has 16 nitrogen and oxygen atoms in total. The van der Waals surface area contributed by atoms with E-state index in [1.165, 1.54) is 6.92 Å². The summed E-state index contributed by atoms with van der Waals surface area (Å²) in [7, 11) is 0. The van der Waals surface area contributed by atoms with Gasteiger partial charge >= 0.3 is 5.97 Å². The van der Waals surface area contributed by atoms with Crippen molar-refractivity contribution >= 4 is 16.9 Å². The van der Waals surface area contributed by atoms with Gasteiger partial charge in [-0.2, -0.15) is 0 Å². The van der Waals surface area contributed by atoms with Crippen LogP contribution in [0.25, 0.3) is 22.3 Å². The van der Waals surface area contributed by atoms with E-state index in [2.05, 4.69) is 0 Å². The Morgan fingerprint density at radius 1 is 0.773 bits per heavy atom. The molecule has 0 amide bonds. The number of carbonyl (C=O) groups is 1. The van der Waals surface area contributed by atoms with Crippen LogP contribution in [0.2, 0.25) is 0 Å². The van der Waals surface area contributed by atoms with Gasteiger partial charge in [0.25, 0.3) is 0 Å². The highest BCUT2D eigenvalue weighted by molar-refractivity contribution is 5.91. The predicted molar refractivity (Wildman–Crippen MR) is 144 cm³/mol. The molecule has 1 aliphatic heterocycles. The van der Waals surface area contributed by atoms with Crippen LogP contribution in [0.1, 0.15) is 17.3 Å². The molecule has 44 heavy (non-hydrogen) atoms. The molecule has 0 aliphatic carbocycles. The summed E-state index contributed by atoms with van der Waals surface area (Å²) in [6.07, 6.45) is -8.63. The summed E-state index contributed by atoms with van der Waals surface area (Å²) in [5.41, 5.74) is -2.28. The lowest BCUT2D eigenvalue weighted by Gasteiger charge is -2.40. The van der Waals surface area contributed by atoms with Crippen molar-refractivity contribution in [2.75, 3.05) is 0 Å². The van der Waals surface area contributed by atoms with Crippen molar-refractivity contribution in [3.05, 3.63) is 52.2 Å². The number of carbonyl (C=O) groups excluding carboxylic acids is 1. The first kappa shape index (κ1) is 29.9. The van der Waals surface area contributed by atoms with Gasteiger partial charge in [-0.25, -0.2) is 4.79 Å². The van der Waals surface area contributed by atoms with E-state index in [0.29, 0.717) is 0 Å². The molecular weight excluding hydrogens is 592 g/mol. The molecule has 0 spiro atoms. The monoisotopic (exact) mass is 616 g/mol. The van der Waals surface area contributed by atoms with E-state index in [4.69, 9.17) is 18.6 Å². The zero-order valence-electron chi connectivity index (χ0n) is 22.3. The molecule has 0 unspecified atom stereocenters. The van der Waals surface area contributed by atoms with Gasteiger partial charge in [0.1, 0.15) is 34.7 Å². The number of aliphatic hydroxyl groups is 2. The summed E-state index contributed by atoms with van der Waals surface area (Å²) in [6.45, 7) is 1.31. The summed E-state index contributed by atoms with van der Waals surface area (Å²) in [4.78, 5) is 26.6. The van der Waals surface area contributed by atoms with Gasteiger partial charge in [0, 0.05) is 17.7 Å². The average Bonchev–Trinajstić information content (AvgIpc) is 2.95.